The summed E-state index contributed by atoms with van der Waals surface area (Å²) in [5.74, 6) is 0. The summed E-state index contributed by atoms with van der Waals surface area (Å²) < 4.78 is 3.07. The fraction of sp³-hybridized carbons (Fsp3) is 0.200. The molecular formula is C5H7NS. The van der Waals surface area contributed by atoms with Crippen LogP contribution >= 0.6 is 11.9 Å². The van der Waals surface area contributed by atoms with Crippen molar-refractivity contribution in [3.63, 3.8) is 0 Å². The maximum atomic E-state index is 3.07. The largest absolute Gasteiger partial charge is 0.330 e. The van der Waals surface area contributed by atoms with Crippen LogP contribution in [0.5, 0.6) is 0 Å². The molecule has 0 radical (unpaired) electrons. The van der Waals surface area contributed by atoms with E-state index in [0.717, 1.165) is 0 Å². The van der Waals surface area contributed by atoms with Crippen molar-refractivity contribution in [2.24, 2.45) is 0 Å². The predicted octanol–water partition coefficient (Wildman–Crippen LogP) is 1.66. The first kappa shape index (κ1) is 4.78. The van der Waals surface area contributed by atoms with Crippen molar-refractivity contribution in [1.82, 2.24) is 4.72 Å². The summed E-state index contributed by atoms with van der Waals surface area (Å²) in [6, 6.07) is 0. The molecule has 1 rings (SSSR count). The smallest absolute Gasteiger partial charge is 0.0183 e. The van der Waals surface area contributed by atoms with Gasteiger partial charge in [0, 0.05) is 5.70 Å². The summed E-state index contributed by atoms with van der Waals surface area (Å²) in [7, 11) is 0. The third kappa shape index (κ3) is 1.27. The first-order valence-electron chi connectivity index (χ1n) is 2.15. The molecule has 1 N–H and O–H groups in total. The molecule has 0 unspecified atom stereocenters. The molecule has 0 spiro atoms. The number of nitrogens with one attached hydrogen (secondary N) is 1. The lowest BCUT2D eigenvalue weighted by molar-refractivity contribution is 1.20. The lowest BCUT2D eigenvalue weighted by atomic mass is 10.4. The average Bonchev–Trinajstić information content (AvgIpc) is 1.69. The van der Waals surface area contributed by atoms with Gasteiger partial charge in [0.1, 0.15) is 0 Å². The van der Waals surface area contributed by atoms with E-state index in [4.69, 9.17) is 0 Å². The minimum atomic E-state index is 1.22. The van der Waals surface area contributed by atoms with Crippen LogP contribution in [0.4, 0.5) is 0 Å². The zero-order valence-corrected chi connectivity index (χ0v) is 4.96. The molecule has 1 aliphatic rings. The highest BCUT2D eigenvalue weighted by atomic mass is 32.2. The monoisotopic (exact) mass is 113 g/mol. The predicted molar refractivity (Wildman–Crippen MR) is 33.6 cm³/mol. The summed E-state index contributed by atoms with van der Waals surface area (Å²) in [6.45, 7) is 2.04. The Morgan fingerprint density at radius 2 is 2.57 bits per heavy atom. The van der Waals surface area contributed by atoms with Crippen molar-refractivity contribution in [2.45, 2.75) is 6.92 Å². The van der Waals surface area contributed by atoms with Gasteiger partial charge in [0.05, 0.1) is 0 Å². The van der Waals surface area contributed by atoms with Crippen molar-refractivity contribution in [3.8, 4) is 0 Å². The van der Waals surface area contributed by atoms with Gasteiger partial charge in [-0.15, -0.1) is 0 Å². The second-order valence-corrected chi connectivity index (χ2v) is 2.11. The van der Waals surface area contributed by atoms with Crippen molar-refractivity contribution < 1.29 is 0 Å². The van der Waals surface area contributed by atoms with Crippen molar-refractivity contribution in [3.05, 3.63) is 23.3 Å². The molecule has 0 aromatic heterocycles. The Bertz CT molecular complexity index is 115. The van der Waals surface area contributed by atoms with E-state index in [-0.39, 0.29) is 0 Å². The Morgan fingerprint density at radius 1 is 1.71 bits per heavy atom. The number of hydrogen-bond acceptors (Lipinski definition) is 2. The van der Waals surface area contributed by atoms with Crippen LogP contribution in [0.25, 0.3) is 0 Å². The van der Waals surface area contributed by atoms with Crippen molar-refractivity contribution in [2.75, 3.05) is 0 Å². The van der Waals surface area contributed by atoms with Crippen LogP contribution in [0.15, 0.2) is 23.3 Å². The molecule has 0 amide bonds. The van der Waals surface area contributed by atoms with Gasteiger partial charge in [-0.25, -0.2) is 0 Å². The van der Waals surface area contributed by atoms with Gasteiger partial charge in [-0.3, -0.25) is 0 Å². The highest BCUT2D eigenvalue weighted by molar-refractivity contribution is 8.00. The second kappa shape index (κ2) is 2.07. The van der Waals surface area contributed by atoms with Crippen LogP contribution < -0.4 is 4.72 Å². The molecule has 0 aliphatic carbocycles. The van der Waals surface area contributed by atoms with Crippen LogP contribution in [0.3, 0.4) is 0 Å². The van der Waals surface area contributed by atoms with E-state index in [1.807, 2.05) is 24.5 Å². The molecule has 1 nitrogen and oxygen atoms in total. The summed E-state index contributed by atoms with van der Waals surface area (Å²) in [5.41, 5.74) is 1.22. The average molecular weight is 113 g/mol. The Kier molecular flexibility index (Phi) is 1.42. The van der Waals surface area contributed by atoms with Gasteiger partial charge in [0.15, 0.2) is 0 Å². The normalized spacial score (nSPS) is 18.1. The van der Waals surface area contributed by atoms with Crippen LogP contribution in [0.1, 0.15) is 6.92 Å². The molecule has 0 bridgehead atoms. The molecule has 0 fully saturated rings. The molecule has 38 valence electrons. The van der Waals surface area contributed by atoms with E-state index in [0.29, 0.717) is 0 Å². The minimum absolute atomic E-state index is 1.22. The zero-order chi connectivity index (χ0) is 5.11. The van der Waals surface area contributed by atoms with Gasteiger partial charge in [-0.05, 0) is 30.4 Å². The molecular weight excluding hydrogens is 106 g/mol. The van der Waals surface area contributed by atoms with Crippen molar-refractivity contribution >= 4 is 11.9 Å². The Morgan fingerprint density at radius 3 is 2.86 bits per heavy atom. The summed E-state index contributed by atoms with van der Waals surface area (Å²) in [5, 5.41) is 2.01. The molecule has 0 aromatic carbocycles. The lowest BCUT2D eigenvalue weighted by Crippen LogP contribution is -1.98. The van der Waals surface area contributed by atoms with Gasteiger partial charge < -0.3 is 4.72 Å². The summed E-state index contributed by atoms with van der Waals surface area (Å²) in [6.07, 6.45) is 4.06. The SMILES string of the molecule is CC1=CC=CSN1. The van der Waals surface area contributed by atoms with E-state index in [1.165, 1.54) is 5.70 Å². The topological polar surface area (TPSA) is 12.0 Å². The molecule has 0 saturated carbocycles. The maximum absolute atomic E-state index is 3.07. The highest BCUT2D eigenvalue weighted by Crippen LogP contribution is 2.05. The number of allylic oxidation sites excluding steroid dienone is 3. The first-order valence-corrected chi connectivity index (χ1v) is 3.02. The summed E-state index contributed by atoms with van der Waals surface area (Å²) >= 11 is 1.60. The fourth-order valence-electron chi connectivity index (χ4n) is 0.384. The molecule has 7 heavy (non-hydrogen) atoms. The zero-order valence-electron chi connectivity index (χ0n) is 4.14. The standard InChI is InChI=1S/C5H7NS/c1-5-3-2-4-7-6-5/h2-4,6H,1H3. The maximum Gasteiger partial charge on any atom is 0.0183 e. The Hall–Kier alpha value is -0.370. The molecule has 0 atom stereocenters. The van der Waals surface area contributed by atoms with Crippen LogP contribution in [-0.4, -0.2) is 0 Å². The van der Waals surface area contributed by atoms with E-state index >= 15 is 0 Å². The van der Waals surface area contributed by atoms with E-state index in [1.54, 1.807) is 11.9 Å². The number of rotatable bonds is 0. The molecule has 0 saturated heterocycles. The fourth-order valence-corrected chi connectivity index (χ4v) is 0.863. The lowest BCUT2D eigenvalue weighted by Gasteiger charge is -2.02. The molecule has 1 heterocycles. The van der Waals surface area contributed by atoms with Crippen LogP contribution in [-0.2, 0) is 0 Å². The number of hydrogen-bond donors (Lipinski definition) is 1. The van der Waals surface area contributed by atoms with Crippen LogP contribution in [0.2, 0.25) is 0 Å². The van der Waals surface area contributed by atoms with Gasteiger partial charge in [0.25, 0.3) is 0 Å². The van der Waals surface area contributed by atoms with Gasteiger partial charge in [-0.2, -0.15) is 0 Å². The molecule has 0 aromatic rings. The van der Waals surface area contributed by atoms with Gasteiger partial charge >= 0.3 is 0 Å². The van der Waals surface area contributed by atoms with E-state index in [2.05, 4.69) is 4.72 Å². The third-order valence-electron chi connectivity index (χ3n) is 0.713. The minimum Gasteiger partial charge on any atom is -0.330 e. The van der Waals surface area contributed by atoms with E-state index in [9.17, 15) is 0 Å². The Balaban J connectivity index is 2.57. The molecule has 2 heteroatoms. The molecule has 1 aliphatic heterocycles. The quantitative estimate of drug-likeness (QED) is 0.479. The van der Waals surface area contributed by atoms with Gasteiger partial charge in [0.2, 0.25) is 0 Å². The summed E-state index contributed by atoms with van der Waals surface area (Å²) in [4.78, 5) is 0. The van der Waals surface area contributed by atoms with Crippen molar-refractivity contribution in [1.29, 1.82) is 0 Å². The first-order chi connectivity index (χ1) is 3.39. The second-order valence-electron chi connectivity index (χ2n) is 1.40. The third-order valence-corrected chi connectivity index (χ3v) is 1.45. The Labute approximate surface area is 47.6 Å². The van der Waals surface area contributed by atoms with Gasteiger partial charge in [-0.1, -0.05) is 6.08 Å². The van der Waals surface area contributed by atoms with Crippen LogP contribution in [0, 0.1) is 0 Å². The van der Waals surface area contributed by atoms with E-state index < -0.39 is 0 Å². The highest BCUT2D eigenvalue weighted by Gasteiger charge is 1.86.